The van der Waals surface area contributed by atoms with E-state index in [1.54, 1.807) is 12.1 Å². The summed E-state index contributed by atoms with van der Waals surface area (Å²) >= 11 is 0. The quantitative estimate of drug-likeness (QED) is 0.668. The molecule has 1 amide bonds. The Morgan fingerprint density at radius 2 is 2.05 bits per heavy atom. The van der Waals surface area contributed by atoms with Gasteiger partial charge < -0.3 is 10.4 Å². The summed E-state index contributed by atoms with van der Waals surface area (Å²) < 4.78 is 13.2. The van der Waals surface area contributed by atoms with E-state index in [2.05, 4.69) is 5.32 Å². The van der Waals surface area contributed by atoms with Crippen molar-refractivity contribution in [2.45, 2.75) is 6.54 Å². The molecule has 2 aromatic carbocycles. The summed E-state index contributed by atoms with van der Waals surface area (Å²) in [5, 5.41) is 22.6. The smallest absolute Gasteiger partial charge is 0.282 e. The average Bonchev–Trinajstić information content (AvgIpc) is 2.44. The van der Waals surface area contributed by atoms with E-state index in [4.69, 9.17) is 0 Å². The number of carbonyl (C=O) groups is 1. The largest absolute Gasteiger partial charge is 0.508 e. The van der Waals surface area contributed by atoms with Crippen molar-refractivity contribution < 1.29 is 19.2 Å². The maximum Gasteiger partial charge on any atom is 0.282 e. The number of phenols is 1. The highest BCUT2D eigenvalue weighted by molar-refractivity contribution is 5.98. The zero-order valence-corrected chi connectivity index (χ0v) is 10.7. The van der Waals surface area contributed by atoms with E-state index in [1.165, 1.54) is 12.1 Å². The number of nitro groups is 1. The first-order chi connectivity index (χ1) is 9.97. The molecule has 2 rings (SSSR count). The molecule has 2 aromatic rings. The number of phenolic OH excluding ortho intramolecular Hbond substituents is 1. The van der Waals surface area contributed by atoms with Gasteiger partial charge in [0, 0.05) is 12.6 Å². The third-order valence-electron chi connectivity index (χ3n) is 2.76. The van der Waals surface area contributed by atoms with Gasteiger partial charge in [-0.05, 0) is 29.8 Å². The highest BCUT2D eigenvalue weighted by Crippen LogP contribution is 2.19. The van der Waals surface area contributed by atoms with Gasteiger partial charge in [0.15, 0.2) is 0 Å². The van der Waals surface area contributed by atoms with Crippen LogP contribution < -0.4 is 5.32 Å². The zero-order chi connectivity index (χ0) is 15.4. The Morgan fingerprint density at radius 3 is 2.71 bits per heavy atom. The first kappa shape index (κ1) is 14.4. The topological polar surface area (TPSA) is 92.5 Å². The van der Waals surface area contributed by atoms with Crippen LogP contribution in [0.3, 0.4) is 0 Å². The molecule has 0 unspecified atom stereocenters. The van der Waals surface area contributed by atoms with Gasteiger partial charge in [-0.1, -0.05) is 12.1 Å². The van der Waals surface area contributed by atoms with Gasteiger partial charge in [-0.25, -0.2) is 4.39 Å². The first-order valence-corrected chi connectivity index (χ1v) is 5.97. The SMILES string of the molecule is O=C(NCc1cccc(O)c1)c1cc(F)ccc1[N+](=O)[O-]. The van der Waals surface area contributed by atoms with Gasteiger partial charge in [0.2, 0.25) is 0 Å². The van der Waals surface area contributed by atoms with Crippen LogP contribution in [-0.2, 0) is 6.54 Å². The van der Waals surface area contributed by atoms with E-state index < -0.39 is 22.3 Å². The third-order valence-corrected chi connectivity index (χ3v) is 2.76. The van der Waals surface area contributed by atoms with Crippen molar-refractivity contribution in [3.8, 4) is 5.75 Å². The van der Waals surface area contributed by atoms with Crippen LogP contribution in [0.15, 0.2) is 42.5 Å². The Labute approximate surface area is 119 Å². The van der Waals surface area contributed by atoms with Gasteiger partial charge in [0.05, 0.1) is 4.92 Å². The number of hydrogen-bond donors (Lipinski definition) is 2. The van der Waals surface area contributed by atoms with Crippen LogP contribution in [0.1, 0.15) is 15.9 Å². The standard InChI is InChI=1S/C14H11FN2O4/c15-10-4-5-13(17(20)21)12(7-10)14(19)16-8-9-2-1-3-11(18)6-9/h1-7,18H,8H2,(H,16,19). The van der Waals surface area contributed by atoms with Crippen LogP contribution in [0, 0.1) is 15.9 Å². The second-order valence-electron chi connectivity index (χ2n) is 4.27. The molecule has 0 radical (unpaired) electrons. The van der Waals surface area contributed by atoms with Gasteiger partial charge in [-0.3, -0.25) is 14.9 Å². The third kappa shape index (κ3) is 3.53. The van der Waals surface area contributed by atoms with Crippen molar-refractivity contribution >= 4 is 11.6 Å². The van der Waals surface area contributed by atoms with E-state index >= 15 is 0 Å². The van der Waals surface area contributed by atoms with E-state index in [0.717, 1.165) is 18.2 Å². The molecule has 0 aliphatic rings. The summed E-state index contributed by atoms with van der Waals surface area (Å²) in [7, 11) is 0. The number of nitrogens with one attached hydrogen (secondary N) is 1. The zero-order valence-electron chi connectivity index (χ0n) is 10.7. The van der Waals surface area contributed by atoms with E-state index in [1.807, 2.05) is 0 Å². The van der Waals surface area contributed by atoms with Gasteiger partial charge in [-0.2, -0.15) is 0 Å². The fourth-order valence-electron chi connectivity index (χ4n) is 1.79. The molecule has 21 heavy (non-hydrogen) atoms. The molecule has 0 aliphatic heterocycles. The number of carbonyl (C=O) groups excluding carboxylic acids is 1. The number of hydrogen-bond acceptors (Lipinski definition) is 4. The van der Waals surface area contributed by atoms with Crippen LogP contribution >= 0.6 is 0 Å². The molecule has 0 aliphatic carbocycles. The van der Waals surface area contributed by atoms with Crippen molar-refractivity contribution in [2.24, 2.45) is 0 Å². The average molecular weight is 290 g/mol. The summed E-state index contributed by atoms with van der Waals surface area (Å²) in [5.74, 6) is -1.45. The number of rotatable bonds is 4. The molecule has 0 atom stereocenters. The Kier molecular flexibility index (Phi) is 4.13. The molecule has 0 heterocycles. The second kappa shape index (κ2) is 6.00. The fourth-order valence-corrected chi connectivity index (χ4v) is 1.79. The molecule has 6 nitrogen and oxygen atoms in total. The van der Waals surface area contributed by atoms with E-state index in [-0.39, 0.29) is 17.9 Å². The van der Waals surface area contributed by atoms with Crippen molar-refractivity contribution in [1.82, 2.24) is 5.32 Å². The van der Waals surface area contributed by atoms with Crippen LogP contribution in [0.25, 0.3) is 0 Å². The molecule has 2 N–H and O–H groups in total. The molecular weight excluding hydrogens is 279 g/mol. The minimum Gasteiger partial charge on any atom is -0.508 e. The maximum atomic E-state index is 13.2. The first-order valence-electron chi connectivity index (χ1n) is 5.97. The molecule has 0 saturated carbocycles. The monoisotopic (exact) mass is 290 g/mol. The summed E-state index contributed by atoms with van der Waals surface area (Å²) in [6.07, 6.45) is 0. The summed E-state index contributed by atoms with van der Waals surface area (Å²) in [6, 6.07) is 8.86. The molecule has 7 heteroatoms. The van der Waals surface area contributed by atoms with Crippen LogP contribution in [-0.4, -0.2) is 15.9 Å². The minimum atomic E-state index is -0.760. The number of amides is 1. The molecular formula is C14H11FN2O4. The highest BCUT2D eigenvalue weighted by Gasteiger charge is 2.20. The van der Waals surface area contributed by atoms with Crippen LogP contribution in [0.4, 0.5) is 10.1 Å². The molecule has 0 spiro atoms. The van der Waals surface area contributed by atoms with E-state index in [0.29, 0.717) is 5.56 Å². The lowest BCUT2D eigenvalue weighted by molar-refractivity contribution is -0.385. The summed E-state index contributed by atoms with van der Waals surface area (Å²) in [4.78, 5) is 22.0. The van der Waals surface area contributed by atoms with Crippen LogP contribution in [0.2, 0.25) is 0 Å². The summed E-state index contributed by atoms with van der Waals surface area (Å²) in [5.41, 5.74) is -0.202. The molecule has 0 fully saturated rings. The Morgan fingerprint density at radius 1 is 1.29 bits per heavy atom. The Balaban J connectivity index is 2.17. The number of benzene rings is 2. The number of aromatic hydroxyl groups is 1. The lowest BCUT2D eigenvalue weighted by atomic mass is 10.1. The van der Waals surface area contributed by atoms with Crippen molar-refractivity contribution in [3.63, 3.8) is 0 Å². The lowest BCUT2D eigenvalue weighted by Gasteiger charge is -2.06. The normalized spacial score (nSPS) is 10.1. The van der Waals surface area contributed by atoms with Gasteiger partial charge in [0.1, 0.15) is 17.1 Å². The summed E-state index contributed by atoms with van der Waals surface area (Å²) in [6.45, 7) is 0.0564. The van der Waals surface area contributed by atoms with Crippen molar-refractivity contribution in [3.05, 3.63) is 69.5 Å². The molecule has 0 aromatic heterocycles. The predicted molar refractivity (Wildman–Crippen MR) is 72.3 cm³/mol. The Bertz CT molecular complexity index is 703. The number of halogens is 1. The van der Waals surface area contributed by atoms with E-state index in [9.17, 15) is 24.4 Å². The van der Waals surface area contributed by atoms with Crippen molar-refractivity contribution in [1.29, 1.82) is 0 Å². The van der Waals surface area contributed by atoms with Gasteiger partial charge in [0.25, 0.3) is 11.6 Å². The van der Waals surface area contributed by atoms with Crippen molar-refractivity contribution in [2.75, 3.05) is 0 Å². The van der Waals surface area contributed by atoms with Crippen LogP contribution in [0.5, 0.6) is 5.75 Å². The Hall–Kier alpha value is -2.96. The molecule has 108 valence electrons. The number of nitro benzene ring substituents is 1. The van der Waals surface area contributed by atoms with Gasteiger partial charge >= 0.3 is 0 Å². The molecule has 0 bridgehead atoms. The second-order valence-corrected chi connectivity index (χ2v) is 4.27. The predicted octanol–water partition coefficient (Wildman–Crippen LogP) is 2.37. The lowest BCUT2D eigenvalue weighted by Crippen LogP contribution is -2.23. The maximum absolute atomic E-state index is 13.2. The molecule has 0 saturated heterocycles. The fraction of sp³-hybridized carbons (Fsp3) is 0.0714. The minimum absolute atomic E-state index is 0.0403. The highest BCUT2D eigenvalue weighted by atomic mass is 19.1. The number of nitrogens with zero attached hydrogens (tertiary/aromatic N) is 1. The van der Waals surface area contributed by atoms with Gasteiger partial charge in [-0.15, -0.1) is 0 Å².